The molecule has 0 aromatic heterocycles. The lowest BCUT2D eigenvalue weighted by Gasteiger charge is -2.46. The van der Waals surface area contributed by atoms with Crippen molar-refractivity contribution in [3.8, 4) is 0 Å². The van der Waals surface area contributed by atoms with Crippen molar-refractivity contribution in [2.24, 2.45) is 23.7 Å². The minimum atomic E-state index is 0.416. The number of halogens is 1. The molecule has 0 nitrogen and oxygen atoms in total. The Balaban J connectivity index is 1.97. The summed E-state index contributed by atoms with van der Waals surface area (Å²) in [5.74, 6) is 3.76. The number of alkyl halides is 1. The maximum Gasteiger partial charge on any atom is 0.0361 e. The highest BCUT2D eigenvalue weighted by Gasteiger charge is 2.39. The standard InChI is InChI=1S/C13H23Cl/c1-3-13(14)9(2)12-8-10-4-6-11(12)7-5-10/h9-13H,3-8H2,1-2H3. The molecule has 82 valence electrons. The molecule has 1 heteroatoms. The molecule has 3 atom stereocenters. The second kappa shape index (κ2) is 4.43. The van der Waals surface area contributed by atoms with Crippen LogP contribution in [-0.4, -0.2) is 5.38 Å². The van der Waals surface area contributed by atoms with Gasteiger partial charge in [-0.3, -0.25) is 0 Å². The van der Waals surface area contributed by atoms with Crippen molar-refractivity contribution in [3.05, 3.63) is 0 Å². The van der Waals surface area contributed by atoms with Crippen molar-refractivity contribution in [2.75, 3.05) is 0 Å². The Labute approximate surface area is 93.4 Å². The Morgan fingerprint density at radius 2 is 1.86 bits per heavy atom. The van der Waals surface area contributed by atoms with Crippen LogP contribution < -0.4 is 0 Å². The third-order valence-corrected chi connectivity index (χ3v) is 5.44. The van der Waals surface area contributed by atoms with E-state index in [9.17, 15) is 0 Å². The second-order valence-electron chi connectivity index (χ2n) is 5.46. The molecule has 3 aliphatic rings. The second-order valence-corrected chi connectivity index (χ2v) is 6.02. The molecule has 14 heavy (non-hydrogen) atoms. The highest BCUT2D eigenvalue weighted by atomic mass is 35.5. The van der Waals surface area contributed by atoms with Crippen molar-refractivity contribution in [1.29, 1.82) is 0 Å². The van der Waals surface area contributed by atoms with Crippen LogP contribution in [0.5, 0.6) is 0 Å². The average molecular weight is 215 g/mol. The highest BCUT2D eigenvalue weighted by molar-refractivity contribution is 6.20. The van der Waals surface area contributed by atoms with E-state index in [0.29, 0.717) is 5.38 Å². The van der Waals surface area contributed by atoms with E-state index in [-0.39, 0.29) is 0 Å². The molecular formula is C13H23Cl. The van der Waals surface area contributed by atoms with Gasteiger partial charge in [0.2, 0.25) is 0 Å². The summed E-state index contributed by atoms with van der Waals surface area (Å²) < 4.78 is 0. The number of hydrogen-bond donors (Lipinski definition) is 0. The van der Waals surface area contributed by atoms with Gasteiger partial charge < -0.3 is 0 Å². The predicted molar refractivity (Wildman–Crippen MR) is 62.7 cm³/mol. The van der Waals surface area contributed by atoms with Crippen LogP contribution in [0.25, 0.3) is 0 Å². The Hall–Kier alpha value is 0.290. The molecule has 3 saturated carbocycles. The van der Waals surface area contributed by atoms with Gasteiger partial charge in [0.1, 0.15) is 0 Å². The van der Waals surface area contributed by atoms with Gasteiger partial charge in [-0.25, -0.2) is 0 Å². The van der Waals surface area contributed by atoms with Gasteiger partial charge in [0.15, 0.2) is 0 Å². The van der Waals surface area contributed by atoms with E-state index in [0.717, 1.165) is 30.1 Å². The molecule has 0 amide bonds. The molecule has 0 heterocycles. The Morgan fingerprint density at radius 3 is 2.29 bits per heavy atom. The molecule has 3 unspecified atom stereocenters. The van der Waals surface area contributed by atoms with E-state index in [1.54, 1.807) is 0 Å². The van der Waals surface area contributed by atoms with Crippen molar-refractivity contribution in [2.45, 2.75) is 57.7 Å². The molecule has 0 saturated heterocycles. The molecular weight excluding hydrogens is 192 g/mol. The first-order valence-corrected chi connectivity index (χ1v) is 6.80. The lowest BCUT2D eigenvalue weighted by molar-refractivity contribution is 0.0606. The van der Waals surface area contributed by atoms with E-state index < -0.39 is 0 Å². The number of rotatable bonds is 3. The van der Waals surface area contributed by atoms with Gasteiger partial charge in [-0.05, 0) is 49.4 Å². The quantitative estimate of drug-likeness (QED) is 0.609. The van der Waals surface area contributed by atoms with Gasteiger partial charge in [-0.1, -0.05) is 26.7 Å². The van der Waals surface area contributed by atoms with E-state index in [1.807, 2.05) is 0 Å². The molecule has 0 radical (unpaired) electrons. The van der Waals surface area contributed by atoms with Gasteiger partial charge in [0, 0.05) is 5.38 Å². The Morgan fingerprint density at radius 1 is 1.21 bits per heavy atom. The maximum absolute atomic E-state index is 6.39. The first-order valence-electron chi connectivity index (χ1n) is 6.36. The third-order valence-electron chi connectivity index (χ3n) is 4.74. The summed E-state index contributed by atoms with van der Waals surface area (Å²) in [4.78, 5) is 0. The smallest absolute Gasteiger partial charge is 0.0361 e. The van der Waals surface area contributed by atoms with E-state index >= 15 is 0 Å². The van der Waals surface area contributed by atoms with Crippen LogP contribution in [-0.2, 0) is 0 Å². The molecule has 3 rings (SSSR count). The summed E-state index contributed by atoms with van der Waals surface area (Å²) in [5, 5.41) is 0.416. The van der Waals surface area contributed by atoms with Crippen LogP contribution in [0.2, 0.25) is 0 Å². The molecule has 0 aliphatic heterocycles. The summed E-state index contributed by atoms with van der Waals surface area (Å²) >= 11 is 6.39. The zero-order valence-corrected chi connectivity index (χ0v) is 10.3. The molecule has 0 aromatic carbocycles. The minimum absolute atomic E-state index is 0.416. The van der Waals surface area contributed by atoms with Gasteiger partial charge in [-0.15, -0.1) is 11.6 Å². The topological polar surface area (TPSA) is 0 Å². The Kier molecular flexibility index (Phi) is 3.42. The fourth-order valence-corrected chi connectivity index (χ4v) is 3.90. The zero-order chi connectivity index (χ0) is 10.1. The van der Waals surface area contributed by atoms with Gasteiger partial charge in [0.25, 0.3) is 0 Å². The Bertz CT molecular complexity index is 182. The van der Waals surface area contributed by atoms with Crippen LogP contribution in [0.3, 0.4) is 0 Å². The van der Waals surface area contributed by atoms with Gasteiger partial charge >= 0.3 is 0 Å². The first kappa shape index (κ1) is 10.8. The van der Waals surface area contributed by atoms with Crippen molar-refractivity contribution in [1.82, 2.24) is 0 Å². The van der Waals surface area contributed by atoms with Crippen LogP contribution in [0, 0.1) is 23.7 Å². The molecule has 0 aromatic rings. The third kappa shape index (κ3) is 1.96. The molecule has 3 fully saturated rings. The predicted octanol–water partition coefficient (Wildman–Crippen LogP) is 4.47. The zero-order valence-electron chi connectivity index (χ0n) is 9.51. The van der Waals surface area contributed by atoms with E-state index in [4.69, 9.17) is 11.6 Å². The molecule has 0 N–H and O–H groups in total. The van der Waals surface area contributed by atoms with E-state index in [2.05, 4.69) is 13.8 Å². The number of hydrogen-bond acceptors (Lipinski definition) is 0. The highest BCUT2D eigenvalue weighted by Crippen LogP contribution is 2.49. The first-order chi connectivity index (χ1) is 6.72. The summed E-state index contributed by atoms with van der Waals surface area (Å²) in [5.41, 5.74) is 0. The van der Waals surface area contributed by atoms with Crippen molar-refractivity contribution >= 4 is 11.6 Å². The lowest BCUT2D eigenvalue weighted by atomic mass is 9.61. The van der Waals surface area contributed by atoms with Crippen molar-refractivity contribution in [3.63, 3.8) is 0 Å². The molecule has 2 bridgehead atoms. The van der Waals surface area contributed by atoms with Gasteiger partial charge in [0.05, 0.1) is 0 Å². The summed E-state index contributed by atoms with van der Waals surface area (Å²) in [6, 6.07) is 0. The summed E-state index contributed by atoms with van der Waals surface area (Å²) in [7, 11) is 0. The van der Waals surface area contributed by atoms with Crippen LogP contribution >= 0.6 is 11.6 Å². The van der Waals surface area contributed by atoms with Crippen molar-refractivity contribution < 1.29 is 0 Å². The molecule has 3 aliphatic carbocycles. The summed E-state index contributed by atoms with van der Waals surface area (Å²) in [6.07, 6.45) is 8.62. The van der Waals surface area contributed by atoms with Crippen LogP contribution in [0.15, 0.2) is 0 Å². The maximum atomic E-state index is 6.39. The minimum Gasteiger partial charge on any atom is -0.123 e. The monoisotopic (exact) mass is 214 g/mol. The summed E-state index contributed by atoms with van der Waals surface area (Å²) in [6.45, 7) is 4.60. The van der Waals surface area contributed by atoms with E-state index in [1.165, 1.54) is 32.1 Å². The normalized spacial score (nSPS) is 40.9. The lowest BCUT2D eigenvalue weighted by Crippen LogP contribution is -2.37. The van der Waals surface area contributed by atoms with Crippen LogP contribution in [0.4, 0.5) is 0 Å². The molecule has 0 spiro atoms. The largest absolute Gasteiger partial charge is 0.123 e. The SMILES string of the molecule is CCC(Cl)C(C)C1CC2CCC1CC2. The fourth-order valence-electron chi connectivity index (χ4n) is 3.71. The van der Waals surface area contributed by atoms with Crippen LogP contribution in [0.1, 0.15) is 52.4 Å². The number of fused-ring (bicyclic) bond motifs is 3. The fraction of sp³-hybridized carbons (Fsp3) is 1.00. The average Bonchev–Trinajstić information content (AvgIpc) is 2.28. The van der Waals surface area contributed by atoms with Gasteiger partial charge in [-0.2, -0.15) is 0 Å².